The van der Waals surface area contributed by atoms with Gasteiger partial charge in [0.25, 0.3) is 0 Å². The van der Waals surface area contributed by atoms with E-state index < -0.39 is 11.9 Å². The average molecular weight is 512 g/mol. The van der Waals surface area contributed by atoms with Crippen LogP contribution in [-0.4, -0.2) is 34.7 Å². The Bertz CT molecular complexity index is 1000. The van der Waals surface area contributed by atoms with Crippen molar-refractivity contribution in [2.24, 2.45) is 0 Å². The average Bonchev–Trinajstić information content (AvgIpc) is 3.12. The number of nitrogens with zero attached hydrogens (tertiary/aromatic N) is 3. The first-order chi connectivity index (χ1) is 16.2. The first-order valence-electron chi connectivity index (χ1n) is 11.8. The van der Waals surface area contributed by atoms with Crippen molar-refractivity contribution in [3.05, 3.63) is 46.6 Å². The largest absolute Gasteiger partial charge is 0.433 e. The Kier molecular flexibility index (Phi) is 7.82. The van der Waals surface area contributed by atoms with Crippen molar-refractivity contribution in [1.82, 2.24) is 15.3 Å². The lowest BCUT2D eigenvalue weighted by Gasteiger charge is -2.30. The number of aromatic nitrogens is 2. The van der Waals surface area contributed by atoms with Crippen molar-refractivity contribution in [1.29, 1.82) is 0 Å². The molecule has 1 saturated carbocycles. The second kappa shape index (κ2) is 10.6. The van der Waals surface area contributed by atoms with Crippen LogP contribution in [0.4, 0.5) is 24.9 Å². The first-order valence-corrected chi connectivity index (χ1v) is 12.6. The van der Waals surface area contributed by atoms with Gasteiger partial charge in [0.15, 0.2) is 10.8 Å². The van der Waals surface area contributed by atoms with Gasteiger partial charge in [-0.15, -0.1) is 0 Å². The van der Waals surface area contributed by atoms with Crippen molar-refractivity contribution in [2.45, 2.75) is 63.0 Å². The fourth-order valence-electron chi connectivity index (χ4n) is 4.93. The molecule has 1 aromatic heterocycles. The van der Waals surface area contributed by atoms with Gasteiger partial charge in [-0.25, -0.2) is 4.98 Å². The number of hydrogen-bond acceptors (Lipinski definition) is 4. The Morgan fingerprint density at radius 2 is 1.74 bits per heavy atom. The van der Waals surface area contributed by atoms with Gasteiger partial charge in [-0.3, -0.25) is 0 Å². The van der Waals surface area contributed by atoms with Crippen molar-refractivity contribution in [3.8, 4) is 0 Å². The summed E-state index contributed by atoms with van der Waals surface area (Å²) in [5.41, 5.74) is 0.0486. The van der Waals surface area contributed by atoms with Gasteiger partial charge in [0.05, 0.1) is 0 Å². The van der Waals surface area contributed by atoms with Gasteiger partial charge in [-0.05, 0) is 55.6 Å². The molecule has 2 aliphatic rings. The maximum atomic E-state index is 13.6. The van der Waals surface area contributed by atoms with E-state index in [1.54, 1.807) is 0 Å². The van der Waals surface area contributed by atoms with Crippen LogP contribution in [0.2, 0.25) is 5.02 Å². The second-order valence-electron chi connectivity index (χ2n) is 9.14. The molecule has 2 heterocycles. The Morgan fingerprint density at radius 3 is 2.38 bits per heavy atom. The standard InChI is InChI=1S/C24H29ClF3N5S/c25-18-9-7-8-17(14-18)23(10-3-4-11-23)16-29-22(34)32-21-30-19(24(26,27)28)15-20(31-21)33-12-5-1-2-6-13-33/h7-9,14-15H,1-6,10-13,16H2,(H2,29,30,31,32,34). The maximum Gasteiger partial charge on any atom is 0.433 e. The van der Waals surface area contributed by atoms with E-state index in [4.69, 9.17) is 23.8 Å². The van der Waals surface area contributed by atoms with Gasteiger partial charge >= 0.3 is 6.18 Å². The van der Waals surface area contributed by atoms with Gasteiger partial charge in [-0.2, -0.15) is 18.2 Å². The van der Waals surface area contributed by atoms with Crippen LogP contribution < -0.4 is 15.5 Å². The van der Waals surface area contributed by atoms with E-state index >= 15 is 0 Å². The predicted octanol–water partition coefficient (Wildman–Crippen LogP) is 6.33. The molecule has 5 nitrogen and oxygen atoms in total. The molecule has 2 aromatic rings. The third-order valence-electron chi connectivity index (χ3n) is 6.74. The molecule has 0 unspecified atom stereocenters. The Morgan fingerprint density at radius 1 is 1.03 bits per heavy atom. The number of halogens is 4. The molecular weight excluding hydrogens is 483 g/mol. The predicted molar refractivity (Wildman–Crippen MR) is 134 cm³/mol. The number of thiocarbonyl (C=S) groups is 1. The van der Waals surface area contributed by atoms with E-state index in [0.29, 0.717) is 24.7 Å². The molecule has 0 amide bonds. The maximum absolute atomic E-state index is 13.6. The van der Waals surface area contributed by atoms with E-state index in [1.807, 2.05) is 23.1 Å². The lowest BCUT2D eigenvalue weighted by Crippen LogP contribution is -2.41. The van der Waals surface area contributed by atoms with Gasteiger partial charge in [0.2, 0.25) is 5.95 Å². The minimum Gasteiger partial charge on any atom is -0.361 e. The van der Waals surface area contributed by atoms with Crippen LogP contribution in [0.15, 0.2) is 30.3 Å². The monoisotopic (exact) mass is 511 g/mol. The summed E-state index contributed by atoms with van der Waals surface area (Å²) in [5.74, 6) is 0.135. The summed E-state index contributed by atoms with van der Waals surface area (Å²) in [7, 11) is 0. The molecule has 1 aromatic carbocycles. The van der Waals surface area contributed by atoms with Crippen LogP contribution in [0, 0.1) is 0 Å². The summed E-state index contributed by atoms with van der Waals surface area (Å²) in [6.07, 6.45) is 3.61. The van der Waals surface area contributed by atoms with Crippen molar-refractivity contribution in [3.63, 3.8) is 0 Å². The van der Waals surface area contributed by atoms with E-state index in [2.05, 4.69) is 26.7 Å². The van der Waals surface area contributed by atoms with E-state index in [9.17, 15) is 13.2 Å². The van der Waals surface area contributed by atoms with Gasteiger partial charge < -0.3 is 15.5 Å². The Hall–Kier alpha value is -2.13. The fraction of sp³-hybridized carbons (Fsp3) is 0.542. The van der Waals surface area contributed by atoms with Gasteiger partial charge in [0, 0.05) is 36.1 Å². The number of benzene rings is 1. The molecule has 1 aliphatic heterocycles. The lowest BCUT2D eigenvalue weighted by molar-refractivity contribution is -0.141. The highest BCUT2D eigenvalue weighted by Crippen LogP contribution is 2.41. The quantitative estimate of drug-likeness (QED) is 0.458. The summed E-state index contributed by atoms with van der Waals surface area (Å²) in [6, 6.07) is 8.86. The second-order valence-corrected chi connectivity index (χ2v) is 9.98. The van der Waals surface area contributed by atoms with Crippen molar-refractivity contribution in [2.75, 3.05) is 29.9 Å². The topological polar surface area (TPSA) is 53.1 Å². The number of hydrogen-bond donors (Lipinski definition) is 2. The van der Waals surface area contributed by atoms with Crippen LogP contribution in [0.1, 0.15) is 62.6 Å². The lowest BCUT2D eigenvalue weighted by atomic mass is 9.79. The van der Waals surface area contributed by atoms with Crippen molar-refractivity contribution < 1.29 is 13.2 Å². The molecule has 0 bridgehead atoms. The summed E-state index contributed by atoms with van der Waals surface area (Å²) in [5, 5.41) is 6.89. The highest BCUT2D eigenvalue weighted by molar-refractivity contribution is 7.80. The number of rotatable bonds is 5. The molecule has 34 heavy (non-hydrogen) atoms. The molecule has 0 atom stereocenters. The molecule has 10 heteroatoms. The molecule has 2 N–H and O–H groups in total. The van der Waals surface area contributed by atoms with Crippen LogP contribution in [0.3, 0.4) is 0 Å². The molecule has 1 saturated heterocycles. The van der Waals surface area contributed by atoms with Gasteiger partial charge in [-0.1, -0.05) is 49.4 Å². The highest BCUT2D eigenvalue weighted by atomic mass is 35.5. The number of anilines is 2. The zero-order chi connectivity index (χ0) is 24.2. The Balaban J connectivity index is 1.50. The Labute approximate surface area is 208 Å². The molecule has 1 aliphatic carbocycles. The minimum atomic E-state index is -4.57. The van der Waals surface area contributed by atoms with E-state index in [-0.39, 0.29) is 22.3 Å². The van der Waals surface area contributed by atoms with Crippen LogP contribution >= 0.6 is 23.8 Å². The summed E-state index contributed by atoms with van der Waals surface area (Å²) in [6.45, 7) is 1.91. The zero-order valence-corrected chi connectivity index (χ0v) is 20.5. The molecule has 0 spiro atoms. The molecule has 184 valence electrons. The highest BCUT2D eigenvalue weighted by Gasteiger charge is 2.36. The van der Waals surface area contributed by atoms with E-state index in [1.165, 1.54) is 0 Å². The minimum absolute atomic E-state index is 0.122. The van der Waals surface area contributed by atoms with E-state index in [0.717, 1.165) is 63.0 Å². The first kappa shape index (κ1) is 25.0. The third-order valence-corrected chi connectivity index (χ3v) is 7.22. The van der Waals surface area contributed by atoms with Crippen LogP contribution in [0.5, 0.6) is 0 Å². The normalized spacial score (nSPS) is 18.4. The molecule has 2 fully saturated rings. The SMILES string of the molecule is FC(F)(F)c1cc(N2CCCCCC2)nc(NC(=S)NCC2(c3cccc(Cl)c3)CCCC2)n1. The van der Waals surface area contributed by atoms with Crippen LogP contribution in [0.25, 0.3) is 0 Å². The summed E-state index contributed by atoms with van der Waals surface area (Å²) in [4.78, 5) is 9.99. The molecule has 0 radical (unpaired) electrons. The number of alkyl halides is 3. The summed E-state index contributed by atoms with van der Waals surface area (Å²) >= 11 is 11.7. The molecular formula is C24H29ClF3N5S. The van der Waals surface area contributed by atoms with Gasteiger partial charge in [0.1, 0.15) is 5.82 Å². The molecule has 4 rings (SSSR count). The smallest absolute Gasteiger partial charge is 0.361 e. The number of nitrogens with one attached hydrogen (secondary N) is 2. The van der Waals surface area contributed by atoms with Crippen molar-refractivity contribution >= 4 is 40.7 Å². The summed E-state index contributed by atoms with van der Waals surface area (Å²) < 4.78 is 40.7. The zero-order valence-electron chi connectivity index (χ0n) is 18.9. The third kappa shape index (κ3) is 6.10. The van der Waals surface area contributed by atoms with Crippen LogP contribution in [-0.2, 0) is 11.6 Å². The fourth-order valence-corrected chi connectivity index (χ4v) is 5.28.